The van der Waals surface area contributed by atoms with E-state index in [0.717, 1.165) is 17.1 Å². The van der Waals surface area contributed by atoms with Gasteiger partial charge in [0.2, 0.25) is 0 Å². The van der Waals surface area contributed by atoms with Crippen molar-refractivity contribution in [1.82, 2.24) is 9.55 Å². The molecule has 0 bridgehead atoms. The number of aromatic nitrogens is 2. The van der Waals surface area contributed by atoms with Crippen LogP contribution in [-0.2, 0) is 7.05 Å². The van der Waals surface area contributed by atoms with Crippen molar-refractivity contribution in [1.29, 1.82) is 0 Å². The Hall–Kier alpha value is -2.35. The summed E-state index contributed by atoms with van der Waals surface area (Å²) >= 11 is 0. The average Bonchev–Trinajstić information content (AvgIpc) is 2.76. The molecule has 0 unspecified atom stereocenters. The second-order valence-electron chi connectivity index (χ2n) is 4.66. The van der Waals surface area contributed by atoms with Crippen LogP contribution in [0.4, 0.5) is 0 Å². The van der Waals surface area contributed by atoms with E-state index in [2.05, 4.69) is 54.9 Å². The molecule has 0 fully saturated rings. The van der Waals surface area contributed by atoms with E-state index in [1.54, 1.807) is 0 Å². The molecule has 19 heavy (non-hydrogen) atoms. The van der Waals surface area contributed by atoms with Gasteiger partial charge in [-0.05, 0) is 6.92 Å². The molecule has 0 saturated carbocycles. The molecule has 1 aromatic heterocycles. The second-order valence-corrected chi connectivity index (χ2v) is 4.66. The fourth-order valence-electron chi connectivity index (χ4n) is 2.48. The zero-order valence-electron chi connectivity index (χ0n) is 11.2. The molecule has 0 N–H and O–H groups in total. The van der Waals surface area contributed by atoms with Crippen LogP contribution in [0.25, 0.3) is 22.6 Å². The third kappa shape index (κ3) is 2.06. The topological polar surface area (TPSA) is 17.8 Å². The number of imidazole rings is 1. The van der Waals surface area contributed by atoms with Gasteiger partial charge in [0, 0.05) is 18.2 Å². The second kappa shape index (κ2) is 4.73. The van der Waals surface area contributed by atoms with E-state index in [1.807, 2.05) is 24.3 Å². The van der Waals surface area contributed by atoms with Crippen molar-refractivity contribution in [3.63, 3.8) is 0 Å². The van der Waals surface area contributed by atoms with Gasteiger partial charge in [0.25, 0.3) is 0 Å². The molecule has 0 saturated heterocycles. The van der Waals surface area contributed by atoms with E-state index in [9.17, 15) is 0 Å². The van der Waals surface area contributed by atoms with Crippen LogP contribution in [0.1, 0.15) is 5.69 Å². The number of nitrogens with zero attached hydrogens (tertiary/aromatic N) is 2. The molecular formula is C17H16N2. The van der Waals surface area contributed by atoms with E-state index in [-0.39, 0.29) is 0 Å². The van der Waals surface area contributed by atoms with Crippen LogP contribution < -0.4 is 0 Å². The molecule has 0 spiro atoms. The molecule has 3 rings (SSSR count). The zero-order valence-corrected chi connectivity index (χ0v) is 11.2. The summed E-state index contributed by atoms with van der Waals surface area (Å²) in [6.45, 7) is 2.06. The standard InChI is InChI=1S/C17H16N2/c1-13-16(14-9-5-3-6-10-14)19(2)17(18-13)15-11-7-4-8-12-15/h3-12H,1-2H3. The summed E-state index contributed by atoms with van der Waals surface area (Å²) in [5.41, 5.74) is 4.60. The smallest absolute Gasteiger partial charge is 0.140 e. The summed E-state index contributed by atoms with van der Waals surface area (Å²) < 4.78 is 2.17. The van der Waals surface area contributed by atoms with Gasteiger partial charge in [-0.1, -0.05) is 60.7 Å². The highest BCUT2D eigenvalue weighted by Gasteiger charge is 2.13. The van der Waals surface area contributed by atoms with Crippen LogP contribution in [0, 0.1) is 6.92 Å². The molecule has 1 heterocycles. The van der Waals surface area contributed by atoms with Gasteiger partial charge >= 0.3 is 0 Å². The number of aryl methyl sites for hydroxylation is 1. The van der Waals surface area contributed by atoms with Crippen LogP contribution in [0.15, 0.2) is 60.7 Å². The van der Waals surface area contributed by atoms with E-state index in [4.69, 9.17) is 4.98 Å². The minimum Gasteiger partial charge on any atom is -0.327 e. The molecule has 0 aliphatic carbocycles. The summed E-state index contributed by atoms with van der Waals surface area (Å²) in [7, 11) is 2.07. The lowest BCUT2D eigenvalue weighted by molar-refractivity contribution is 0.932. The van der Waals surface area contributed by atoms with Crippen LogP contribution in [-0.4, -0.2) is 9.55 Å². The third-order valence-corrected chi connectivity index (χ3v) is 3.35. The van der Waals surface area contributed by atoms with Crippen LogP contribution in [0.5, 0.6) is 0 Å². The van der Waals surface area contributed by atoms with Crippen LogP contribution in [0.2, 0.25) is 0 Å². The van der Waals surface area contributed by atoms with Gasteiger partial charge in [-0.25, -0.2) is 4.98 Å². The summed E-state index contributed by atoms with van der Waals surface area (Å²) in [5, 5.41) is 0. The summed E-state index contributed by atoms with van der Waals surface area (Å²) in [6.07, 6.45) is 0. The fourth-order valence-corrected chi connectivity index (χ4v) is 2.48. The Morgan fingerprint density at radius 1 is 0.789 bits per heavy atom. The lowest BCUT2D eigenvalue weighted by atomic mass is 10.1. The van der Waals surface area contributed by atoms with Crippen LogP contribution >= 0.6 is 0 Å². The summed E-state index contributed by atoms with van der Waals surface area (Å²) in [4.78, 5) is 4.72. The molecule has 2 nitrogen and oxygen atoms in total. The zero-order chi connectivity index (χ0) is 13.2. The molecule has 0 amide bonds. The Morgan fingerprint density at radius 3 is 1.89 bits per heavy atom. The SMILES string of the molecule is Cc1nc(-c2ccccc2)n(C)c1-c1ccccc1. The Kier molecular flexibility index (Phi) is 2.92. The number of rotatable bonds is 2. The molecule has 0 radical (unpaired) electrons. The van der Waals surface area contributed by atoms with Gasteiger partial charge in [0.1, 0.15) is 5.82 Å². The third-order valence-electron chi connectivity index (χ3n) is 3.35. The first-order valence-electron chi connectivity index (χ1n) is 6.41. The largest absolute Gasteiger partial charge is 0.327 e. The predicted octanol–water partition coefficient (Wildman–Crippen LogP) is 4.06. The first kappa shape index (κ1) is 11.7. The van der Waals surface area contributed by atoms with Gasteiger partial charge in [-0.2, -0.15) is 0 Å². The van der Waals surface area contributed by atoms with E-state index in [0.29, 0.717) is 0 Å². The van der Waals surface area contributed by atoms with E-state index >= 15 is 0 Å². The normalized spacial score (nSPS) is 10.6. The lowest BCUT2D eigenvalue weighted by Gasteiger charge is -2.06. The minimum atomic E-state index is 1.01. The van der Waals surface area contributed by atoms with Gasteiger partial charge in [0.15, 0.2) is 0 Å². The first-order valence-corrected chi connectivity index (χ1v) is 6.41. The van der Waals surface area contributed by atoms with Crippen LogP contribution in [0.3, 0.4) is 0 Å². The van der Waals surface area contributed by atoms with Crippen molar-refractivity contribution in [2.24, 2.45) is 7.05 Å². The predicted molar refractivity (Wildman–Crippen MR) is 78.8 cm³/mol. The quantitative estimate of drug-likeness (QED) is 0.668. The first-order chi connectivity index (χ1) is 9.27. The van der Waals surface area contributed by atoms with Crippen molar-refractivity contribution in [2.45, 2.75) is 6.92 Å². The van der Waals surface area contributed by atoms with Crippen molar-refractivity contribution < 1.29 is 0 Å². The summed E-state index contributed by atoms with van der Waals surface area (Å²) in [5.74, 6) is 1.01. The summed E-state index contributed by atoms with van der Waals surface area (Å²) in [6, 6.07) is 20.7. The average molecular weight is 248 g/mol. The Bertz CT molecular complexity index is 682. The number of hydrogen-bond donors (Lipinski definition) is 0. The molecule has 3 aromatic rings. The molecule has 0 aliphatic heterocycles. The maximum Gasteiger partial charge on any atom is 0.140 e. The lowest BCUT2D eigenvalue weighted by Crippen LogP contribution is -1.95. The van der Waals surface area contributed by atoms with E-state index in [1.165, 1.54) is 11.3 Å². The van der Waals surface area contributed by atoms with Gasteiger partial charge in [-0.3, -0.25) is 0 Å². The highest BCUT2D eigenvalue weighted by atomic mass is 15.1. The fraction of sp³-hybridized carbons (Fsp3) is 0.118. The molecule has 94 valence electrons. The van der Waals surface area contributed by atoms with Crippen molar-refractivity contribution in [3.05, 3.63) is 66.4 Å². The minimum absolute atomic E-state index is 1.01. The van der Waals surface area contributed by atoms with Gasteiger partial charge < -0.3 is 4.57 Å². The maximum absolute atomic E-state index is 4.72. The number of benzene rings is 2. The van der Waals surface area contributed by atoms with Crippen molar-refractivity contribution in [2.75, 3.05) is 0 Å². The van der Waals surface area contributed by atoms with E-state index < -0.39 is 0 Å². The Labute approximate surface area is 113 Å². The maximum atomic E-state index is 4.72. The highest BCUT2D eigenvalue weighted by molar-refractivity contribution is 5.68. The highest BCUT2D eigenvalue weighted by Crippen LogP contribution is 2.28. The monoisotopic (exact) mass is 248 g/mol. The Balaban J connectivity index is 2.17. The molecule has 0 atom stereocenters. The van der Waals surface area contributed by atoms with Crippen molar-refractivity contribution in [3.8, 4) is 22.6 Å². The van der Waals surface area contributed by atoms with Gasteiger partial charge in [0.05, 0.1) is 11.4 Å². The molecule has 2 heteroatoms. The van der Waals surface area contributed by atoms with Crippen molar-refractivity contribution >= 4 is 0 Å². The molecule has 2 aromatic carbocycles. The molecular weight excluding hydrogens is 232 g/mol. The van der Waals surface area contributed by atoms with Gasteiger partial charge in [-0.15, -0.1) is 0 Å². The number of hydrogen-bond acceptors (Lipinski definition) is 1. The molecule has 0 aliphatic rings. The Morgan fingerprint density at radius 2 is 1.32 bits per heavy atom.